The van der Waals surface area contributed by atoms with E-state index in [2.05, 4.69) is 4.98 Å². The van der Waals surface area contributed by atoms with Crippen molar-refractivity contribution in [1.29, 1.82) is 0 Å². The first-order valence-electron chi connectivity index (χ1n) is 4.67. The van der Waals surface area contributed by atoms with Crippen LogP contribution in [0.1, 0.15) is 10.4 Å². The molecule has 0 atom stereocenters. The number of ether oxygens (including phenoxy) is 1. The van der Waals surface area contributed by atoms with Gasteiger partial charge in [0.1, 0.15) is 11.8 Å². The van der Waals surface area contributed by atoms with Gasteiger partial charge in [-0.2, -0.15) is 0 Å². The summed E-state index contributed by atoms with van der Waals surface area (Å²) < 4.78 is 5.29. The van der Waals surface area contributed by atoms with E-state index >= 15 is 0 Å². The molecule has 0 unspecified atom stereocenters. The molecule has 1 rings (SSSR count). The summed E-state index contributed by atoms with van der Waals surface area (Å²) in [6.45, 7) is 1.15. The standard InChI is InChI=1S/C10H13ClN2O3/c1-13(2)3-4-16-9-6-7(10(14)15)5-8(11)12-9/h5-6H,3-4H2,1-2H3,(H,14,15). The van der Waals surface area contributed by atoms with Gasteiger partial charge in [0.15, 0.2) is 0 Å². The maximum Gasteiger partial charge on any atom is 0.335 e. The van der Waals surface area contributed by atoms with E-state index in [4.69, 9.17) is 21.4 Å². The molecule has 1 aromatic heterocycles. The zero-order chi connectivity index (χ0) is 12.1. The van der Waals surface area contributed by atoms with Gasteiger partial charge in [-0.25, -0.2) is 9.78 Å². The van der Waals surface area contributed by atoms with Gasteiger partial charge in [0.2, 0.25) is 5.88 Å². The molecule has 0 aliphatic rings. The van der Waals surface area contributed by atoms with Gasteiger partial charge in [0, 0.05) is 12.6 Å². The highest BCUT2D eigenvalue weighted by molar-refractivity contribution is 6.29. The normalized spacial score (nSPS) is 10.5. The number of rotatable bonds is 5. The second kappa shape index (κ2) is 5.67. The van der Waals surface area contributed by atoms with Crippen molar-refractivity contribution in [3.8, 4) is 5.88 Å². The fourth-order valence-corrected chi connectivity index (χ4v) is 1.20. The molecule has 0 radical (unpaired) electrons. The van der Waals surface area contributed by atoms with Crippen molar-refractivity contribution < 1.29 is 14.6 Å². The van der Waals surface area contributed by atoms with E-state index in [1.807, 2.05) is 19.0 Å². The van der Waals surface area contributed by atoms with Gasteiger partial charge in [-0.15, -0.1) is 0 Å². The third kappa shape index (κ3) is 4.04. The highest BCUT2D eigenvalue weighted by Crippen LogP contribution is 2.16. The van der Waals surface area contributed by atoms with Crippen molar-refractivity contribution in [2.24, 2.45) is 0 Å². The van der Waals surface area contributed by atoms with Crippen molar-refractivity contribution in [2.45, 2.75) is 0 Å². The van der Waals surface area contributed by atoms with Gasteiger partial charge in [0.25, 0.3) is 0 Å². The summed E-state index contributed by atoms with van der Waals surface area (Å²) in [6, 6.07) is 2.63. The fourth-order valence-electron chi connectivity index (χ4n) is 1.00. The Kier molecular flexibility index (Phi) is 4.52. The summed E-state index contributed by atoms with van der Waals surface area (Å²) in [5, 5.41) is 8.91. The molecule has 5 nitrogen and oxygen atoms in total. The first-order chi connectivity index (χ1) is 7.49. The van der Waals surface area contributed by atoms with Crippen molar-refractivity contribution in [3.05, 3.63) is 22.8 Å². The van der Waals surface area contributed by atoms with Crippen molar-refractivity contribution in [2.75, 3.05) is 27.2 Å². The first-order valence-corrected chi connectivity index (χ1v) is 5.05. The lowest BCUT2D eigenvalue weighted by Gasteiger charge is -2.10. The number of pyridine rings is 1. The number of carboxylic acids is 1. The van der Waals surface area contributed by atoms with E-state index in [1.54, 1.807) is 0 Å². The SMILES string of the molecule is CN(C)CCOc1cc(C(=O)O)cc(Cl)n1. The molecule has 0 saturated heterocycles. The van der Waals surface area contributed by atoms with Gasteiger partial charge < -0.3 is 14.7 Å². The Hall–Kier alpha value is -1.33. The van der Waals surface area contributed by atoms with Crippen LogP contribution in [-0.2, 0) is 0 Å². The van der Waals surface area contributed by atoms with Crippen LogP contribution in [0, 0.1) is 0 Å². The fraction of sp³-hybridized carbons (Fsp3) is 0.400. The molecule has 0 bridgehead atoms. The van der Waals surface area contributed by atoms with Gasteiger partial charge in [-0.1, -0.05) is 11.6 Å². The van der Waals surface area contributed by atoms with Gasteiger partial charge in [-0.3, -0.25) is 0 Å². The number of aromatic nitrogens is 1. The Bertz CT molecular complexity index is 382. The second-order valence-corrected chi connectivity index (χ2v) is 3.86. The first kappa shape index (κ1) is 12.7. The molecule has 6 heteroatoms. The molecule has 88 valence electrons. The maximum atomic E-state index is 10.7. The molecule has 0 fully saturated rings. The van der Waals surface area contributed by atoms with Crippen LogP contribution >= 0.6 is 11.6 Å². The van der Waals surface area contributed by atoms with E-state index in [9.17, 15) is 4.79 Å². The largest absolute Gasteiger partial charge is 0.478 e. The predicted octanol–water partition coefficient (Wildman–Crippen LogP) is 1.37. The van der Waals surface area contributed by atoms with E-state index in [-0.39, 0.29) is 16.6 Å². The quantitative estimate of drug-likeness (QED) is 0.793. The van der Waals surface area contributed by atoms with Crippen molar-refractivity contribution in [1.82, 2.24) is 9.88 Å². The van der Waals surface area contributed by atoms with E-state index in [0.717, 1.165) is 6.54 Å². The summed E-state index contributed by atoms with van der Waals surface area (Å²) >= 11 is 5.67. The third-order valence-electron chi connectivity index (χ3n) is 1.81. The molecule has 1 heterocycles. The van der Waals surface area contributed by atoms with Crippen molar-refractivity contribution >= 4 is 17.6 Å². The summed E-state index contributed by atoms with van der Waals surface area (Å²) in [5.41, 5.74) is 0.0693. The minimum Gasteiger partial charge on any atom is -0.478 e. The molecular weight excluding hydrogens is 232 g/mol. The Balaban J connectivity index is 2.69. The molecule has 1 N–H and O–H groups in total. The molecule has 0 spiro atoms. The van der Waals surface area contributed by atoms with E-state index in [1.165, 1.54) is 12.1 Å². The van der Waals surface area contributed by atoms with Crippen LogP contribution in [0.5, 0.6) is 5.88 Å². The Morgan fingerprint density at radius 1 is 1.56 bits per heavy atom. The van der Waals surface area contributed by atoms with Gasteiger partial charge in [0.05, 0.1) is 5.56 Å². The highest BCUT2D eigenvalue weighted by Gasteiger charge is 2.08. The number of aromatic carboxylic acids is 1. The molecule has 0 aliphatic carbocycles. The number of hydrogen-bond acceptors (Lipinski definition) is 4. The lowest BCUT2D eigenvalue weighted by atomic mass is 10.3. The van der Waals surface area contributed by atoms with Crippen LogP contribution in [0.15, 0.2) is 12.1 Å². The van der Waals surface area contributed by atoms with Crippen LogP contribution in [0.2, 0.25) is 5.15 Å². The van der Waals surface area contributed by atoms with Crippen LogP contribution in [-0.4, -0.2) is 48.2 Å². The molecule has 1 aromatic rings. The Morgan fingerprint density at radius 3 is 2.81 bits per heavy atom. The average molecular weight is 245 g/mol. The minimum atomic E-state index is -1.05. The highest BCUT2D eigenvalue weighted by atomic mass is 35.5. The van der Waals surface area contributed by atoms with Gasteiger partial charge in [-0.05, 0) is 20.2 Å². The van der Waals surface area contributed by atoms with E-state index in [0.29, 0.717) is 6.61 Å². The lowest BCUT2D eigenvalue weighted by Crippen LogP contribution is -2.19. The maximum absolute atomic E-state index is 10.7. The average Bonchev–Trinajstić information content (AvgIpc) is 2.16. The molecule has 0 saturated carbocycles. The molecular formula is C10H13ClN2O3. The molecule has 0 aromatic carbocycles. The zero-order valence-corrected chi connectivity index (χ0v) is 9.86. The van der Waals surface area contributed by atoms with Crippen LogP contribution in [0.25, 0.3) is 0 Å². The van der Waals surface area contributed by atoms with Crippen LogP contribution < -0.4 is 4.74 Å². The Labute approximate surface area is 98.6 Å². The number of carbonyl (C=O) groups is 1. The second-order valence-electron chi connectivity index (χ2n) is 3.47. The number of halogens is 1. The number of carboxylic acid groups (broad SMARTS) is 1. The summed E-state index contributed by atoms with van der Waals surface area (Å²) in [7, 11) is 3.83. The van der Waals surface area contributed by atoms with Crippen LogP contribution in [0.3, 0.4) is 0 Å². The Morgan fingerprint density at radius 2 is 2.25 bits per heavy atom. The number of nitrogens with zero attached hydrogens (tertiary/aromatic N) is 2. The number of hydrogen-bond donors (Lipinski definition) is 1. The topological polar surface area (TPSA) is 62.7 Å². The number of likely N-dealkylation sites (N-methyl/N-ethyl adjacent to an activating group) is 1. The smallest absolute Gasteiger partial charge is 0.335 e. The third-order valence-corrected chi connectivity index (χ3v) is 2.00. The van der Waals surface area contributed by atoms with Gasteiger partial charge >= 0.3 is 5.97 Å². The predicted molar refractivity (Wildman–Crippen MR) is 60.3 cm³/mol. The lowest BCUT2D eigenvalue weighted by molar-refractivity contribution is 0.0696. The zero-order valence-electron chi connectivity index (χ0n) is 9.11. The summed E-state index contributed by atoms with van der Waals surface area (Å²) in [6.07, 6.45) is 0. The van der Waals surface area contributed by atoms with Crippen molar-refractivity contribution in [3.63, 3.8) is 0 Å². The van der Waals surface area contributed by atoms with E-state index < -0.39 is 5.97 Å². The molecule has 16 heavy (non-hydrogen) atoms. The monoisotopic (exact) mass is 244 g/mol. The summed E-state index contributed by atoms with van der Waals surface area (Å²) in [4.78, 5) is 16.6. The van der Waals surface area contributed by atoms with Crippen LogP contribution in [0.4, 0.5) is 0 Å². The summed E-state index contributed by atoms with van der Waals surface area (Å²) in [5.74, 6) is -0.825. The molecule has 0 amide bonds. The minimum absolute atomic E-state index is 0.0693. The molecule has 0 aliphatic heterocycles.